The minimum Gasteiger partial charge on any atom is -0.716 e. The first-order chi connectivity index (χ1) is 17.5. The van der Waals surface area contributed by atoms with E-state index in [-0.39, 0.29) is 92.6 Å². The molecule has 0 amide bonds. The summed E-state index contributed by atoms with van der Waals surface area (Å²) < 4.78 is 79.7. The average molecular weight is 583 g/mol. The van der Waals surface area contributed by atoms with Crippen LogP contribution in [0.1, 0.15) is 5.56 Å². The van der Waals surface area contributed by atoms with Crippen molar-refractivity contribution in [1.82, 2.24) is 9.97 Å². The second-order valence-corrected chi connectivity index (χ2v) is 10.5. The monoisotopic (exact) mass is 582 g/mol. The number of hydrogen-bond donors (Lipinski definition) is 2. The number of aromatic amines is 2. The summed E-state index contributed by atoms with van der Waals surface area (Å²) in [7, 11) is -10.5. The molecule has 0 aliphatic rings. The van der Waals surface area contributed by atoms with Crippen molar-refractivity contribution in [3.63, 3.8) is 0 Å². The molecule has 0 atom stereocenters. The van der Waals surface area contributed by atoms with Gasteiger partial charge in [0.15, 0.2) is 11.5 Å². The van der Waals surface area contributed by atoms with E-state index in [2.05, 4.69) is 9.97 Å². The Bertz CT molecular complexity index is 2120. The van der Waals surface area contributed by atoms with Gasteiger partial charge in [-0.1, -0.05) is 42.5 Å². The number of nitrogens with one attached hydrogen (secondary N) is 2. The van der Waals surface area contributed by atoms with Crippen molar-refractivity contribution in [2.24, 2.45) is 0 Å². The molecule has 2 aromatic heterocycles. The molecule has 2 N–H and O–H groups in total. The van der Waals surface area contributed by atoms with Crippen LogP contribution in [0.5, 0.6) is 11.5 Å². The van der Waals surface area contributed by atoms with Gasteiger partial charge < -0.3 is 27.4 Å². The maximum absolute atomic E-state index is 11.8. The summed E-state index contributed by atoms with van der Waals surface area (Å²) in [4.78, 5) is 6.31. The summed E-state index contributed by atoms with van der Waals surface area (Å²) >= 11 is 0. The van der Waals surface area contributed by atoms with Crippen LogP contribution in [0, 0.1) is 6.92 Å². The molecule has 0 bridgehead atoms. The fraction of sp³-hybridized carbons (Fsp3) is 0.0400. The smallest absolute Gasteiger partial charge is 0.716 e. The minimum atomic E-state index is -5.26. The number of benzene rings is 4. The van der Waals surface area contributed by atoms with Crippen molar-refractivity contribution < 1.29 is 93.4 Å². The maximum Gasteiger partial charge on any atom is 1.00 e. The predicted octanol–water partition coefficient (Wildman–Crippen LogP) is -1.38. The van der Waals surface area contributed by atoms with Crippen LogP contribution in [0.4, 0.5) is 0 Å². The van der Waals surface area contributed by atoms with E-state index < -0.39 is 20.8 Å². The Morgan fingerprint density at radius 1 is 0.615 bits per heavy atom. The van der Waals surface area contributed by atoms with Gasteiger partial charge in [0.25, 0.3) is 20.8 Å². The van der Waals surface area contributed by atoms with Gasteiger partial charge in [0.1, 0.15) is 0 Å². The van der Waals surface area contributed by atoms with Crippen LogP contribution in [-0.4, -0.2) is 35.9 Å². The van der Waals surface area contributed by atoms with Crippen LogP contribution in [0.2, 0.25) is 0 Å². The zero-order valence-electron chi connectivity index (χ0n) is 20.9. The summed E-state index contributed by atoms with van der Waals surface area (Å²) in [5, 5.41) is 2.93. The minimum absolute atomic E-state index is 0. The Morgan fingerprint density at radius 2 is 1.18 bits per heavy atom. The van der Waals surface area contributed by atoms with E-state index >= 15 is 0 Å². The van der Waals surface area contributed by atoms with E-state index in [1.54, 1.807) is 36.4 Å². The van der Waals surface area contributed by atoms with E-state index in [1.165, 1.54) is 12.1 Å². The Balaban J connectivity index is 0.00000176. The summed E-state index contributed by atoms with van der Waals surface area (Å²) in [5.74, 6) is -0.690. The van der Waals surface area contributed by atoms with E-state index in [0.29, 0.717) is 16.4 Å². The molecule has 4 aromatic carbocycles. The molecule has 14 heteroatoms. The van der Waals surface area contributed by atoms with Crippen molar-refractivity contribution in [3.05, 3.63) is 72.3 Å². The van der Waals surface area contributed by atoms with Crippen LogP contribution in [0.3, 0.4) is 0 Å². The number of aromatic nitrogens is 2. The fourth-order valence-corrected chi connectivity index (χ4v) is 5.56. The summed E-state index contributed by atoms with van der Waals surface area (Å²) in [5.41, 5.74) is 2.98. The van der Waals surface area contributed by atoms with Gasteiger partial charge in [0, 0.05) is 43.5 Å². The Morgan fingerprint density at radius 3 is 1.90 bits per heavy atom. The molecule has 0 aliphatic heterocycles. The van der Waals surface area contributed by atoms with E-state index in [0.717, 1.165) is 21.9 Å². The van der Waals surface area contributed by atoms with Gasteiger partial charge in [-0.2, -0.15) is 0 Å². The number of para-hydroxylation sites is 2. The van der Waals surface area contributed by atoms with Crippen molar-refractivity contribution in [2.75, 3.05) is 0 Å². The first-order valence-electron chi connectivity index (χ1n) is 10.9. The van der Waals surface area contributed by atoms with Gasteiger partial charge in [0.05, 0.1) is 11.2 Å². The third-order valence-electron chi connectivity index (χ3n) is 6.26. The number of H-pyrrole nitrogens is 2. The normalized spacial score (nSPS) is 12.0. The average Bonchev–Trinajstić information content (AvgIpc) is 3.37. The molecule has 0 saturated heterocycles. The van der Waals surface area contributed by atoms with Gasteiger partial charge >= 0.3 is 59.1 Å². The molecule has 0 radical (unpaired) electrons. The van der Waals surface area contributed by atoms with Gasteiger partial charge in [0.2, 0.25) is 0 Å². The molecule has 0 spiro atoms. The second kappa shape index (κ2) is 10.7. The quantitative estimate of drug-likeness (QED) is 0.143. The molecule has 0 fully saturated rings. The SMILES string of the molecule is Cc1cccc2c1[nH]c1c3ccc(-c4[nH]c5ccccc5c4OS(=O)(=O)[O-])c(OS(=O)(=O)[O-])c3ccc21.[Na+].[Na+]. The number of aryl methyl sites for hydroxylation is 1. The molecular formula is C25H16N2Na2O8S2. The zero-order valence-corrected chi connectivity index (χ0v) is 26.6. The zero-order chi connectivity index (χ0) is 26.1. The van der Waals surface area contributed by atoms with Crippen LogP contribution in [0.25, 0.3) is 54.7 Å². The number of rotatable bonds is 5. The summed E-state index contributed by atoms with van der Waals surface area (Å²) in [6, 6.07) is 18.8. The fourth-order valence-electron chi connectivity index (χ4n) is 4.80. The van der Waals surface area contributed by atoms with Crippen LogP contribution < -0.4 is 67.5 Å². The molecule has 39 heavy (non-hydrogen) atoms. The first-order valence-corrected chi connectivity index (χ1v) is 13.6. The largest absolute Gasteiger partial charge is 1.00 e. The van der Waals surface area contributed by atoms with Crippen molar-refractivity contribution in [3.8, 4) is 22.8 Å². The van der Waals surface area contributed by atoms with E-state index in [4.69, 9.17) is 8.37 Å². The third kappa shape index (κ3) is 5.46. The molecule has 6 aromatic rings. The van der Waals surface area contributed by atoms with Crippen molar-refractivity contribution in [1.29, 1.82) is 0 Å². The van der Waals surface area contributed by atoms with Gasteiger partial charge in [-0.3, -0.25) is 0 Å². The molecule has 6 rings (SSSR count). The molecule has 188 valence electrons. The molecule has 2 heterocycles. The third-order valence-corrected chi connectivity index (χ3v) is 7.00. The van der Waals surface area contributed by atoms with Crippen LogP contribution >= 0.6 is 0 Å². The summed E-state index contributed by atoms with van der Waals surface area (Å²) in [6.45, 7) is 1.96. The van der Waals surface area contributed by atoms with E-state index in [9.17, 15) is 25.9 Å². The van der Waals surface area contributed by atoms with Gasteiger partial charge in [-0.15, -0.1) is 0 Å². The van der Waals surface area contributed by atoms with E-state index in [1.807, 2.05) is 25.1 Å². The molecular weight excluding hydrogens is 566 g/mol. The van der Waals surface area contributed by atoms with Crippen LogP contribution in [-0.2, 0) is 20.8 Å². The maximum atomic E-state index is 11.8. The standard InChI is InChI=1S/C25H18N2O8S2.2Na/c1-13-5-4-7-14-15-9-11-17-16(22(15)27-21(13)14)10-12-19(24(17)34-36(28,29)30)23-25(35-37(31,32)33)18-6-2-3-8-20(18)26-23;;/h2-12,26-27H,1H3,(H,28,29,30)(H,31,32,33);;/q;2*+1/p-2. The topological polar surface area (TPSA) is 164 Å². The van der Waals surface area contributed by atoms with Crippen LogP contribution in [0.15, 0.2) is 66.7 Å². The van der Waals surface area contributed by atoms with Crippen molar-refractivity contribution >= 4 is 64.3 Å². The van der Waals surface area contributed by atoms with Gasteiger partial charge in [-0.25, -0.2) is 16.8 Å². The Labute approximate surface area is 267 Å². The second-order valence-electron chi connectivity index (χ2n) is 8.51. The molecule has 10 nitrogen and oxygen atoms in total. The van der Waals surface area contributed by atoms with Gasteiger partial charge in [-0.05, 0) is 36.8 Å². The Kier molecular flexibility index (Phi) is 8.20. The molecule has 0 aliphatic carbocycles. The predicted molar refractivity (Wildman–Crippen MR) is 136 cm³/mol. The number of fused-ring (bicyclic) bond motifs is 6. The Hall–Kier alpha value is -2.10. The first kappa shape index (κ1) is 29.9. The number of hydrogen-bond acceptors (Lipinski definition) is 8. The molecule has 0 unspecified atom stereocenters. The van der Waals surface area contributed by atoms with Crippen molar-refractivity contribution in [2.45, 2.75) is 6.92 Å². The molecule has 0 saturated carbocycles. The summed E-state index contributed by atoms with van der Waals surface area (Å²) in [6.07, 6.45) is 0.